The molecule has 0 spiro atoms. The van der Waals surface area contributed by atoms with Crippen LogP contribution in [-0.2, 0) is 12.8 Å². The Kier molecular flexibility index (Phi) is 6.98. The van der Waals surface area contributed by atoms with E-state index in [4.69, 9.17) is 4.74 Å². The third kappa shape index (κ3) is 5.47. The Balaban J connectivity index is 1.45. The molecule has 0 unspecified atom stereocenters. The van der Waals surface area contributed by atoms with Gasteiger partial charge in [0.1, 0.15) is 24.0 Å². The Morgan fingerprint density at radius 3 is 2.24 bits per heavy atom. The first-order valence-corrected chi connectivity index (χ1v) is 10.6. The standard InChI is InChI=1S/C29H20F4O/c1-2-13-34-25-12-11-22(27(31)18-25)9-5-20-4-8-21(26(30)15-20)7-3-19-6-10-23-16-28(32)29(33)17-24(23)14-19/h2,4,6,8,10-12,14-18H,1,5,9,13H2. The Morgan fingerprint density at radius 1 is 0.706 bits per heavy atom. The predicted molar refractivity (Wildman–Crippen MR) is 126 cm³/mol. The molecule has 0 amide bonds. The number of rotatable bonds is 6. The first-order valence-electron chi connectivity index (χ1n) is 10.6. The topological polar surface area (TPSA) is 9.23 Å². The number of benzene rings is 4. The third-order valence-electron chi connectivity index (χ3n) is 5.33. The van der Waals surface area contributed by atoms with Crippen LogP contribution in [0.3, 0.4) is 0 Å². The van der Waals surface area contributed by atoms with Crippen molar-refractivity contribution in [1.29, 1.82) is 0 Å². The smallest absolute Gasteiger partial charge is 0.159 e. The van der Waals surface area contributed by atoms with Gasteiger partial charge in [0, 0.05) is 11.6 Å². The lowest BCUT2D eigenvalue weighted by molar-refractivity contribution is 0.360. The van der Waals surface area contributed by atoms with E-state index in [1.807, 2.05) is 0 Å². The van der Waals surface area contributed by atoms with Gasteiger partial charge in [0.15, 0.2) is 11.6 Å². The van der Waals surface area contributed by atoms with Crippen LogP contribution in [0.2, 0.25) is 0 Å². The maximum absolute atomic E-state index is 14.6. The second-order valence-electron chi connectivity index (χ2n) is 7.75. The van der Waals surface area contributed by atoms with E-state index < -0.39 is 17.5 Å². The fraction of sp³-hybridized carbons (Fsp3) is 0.103. The summed E-state index contributed by atoms with van der Waals surface area (Å²) < 4.78 is 61.0. The molecule has 0 saturated heterocycles. The van der Waals surface area contributed by atoms with Crippen molar-refractivity contribution in [2.24, 2.45) is 0 Å². The van der Waals surface area contributed by atoms with Gasteiger partial charge in [-0.2, -0.15) is 0 Å². The lowest BCUT2D eigenvalue weighted by Crippen LogP contribution is -1.98. The Morgan fingerprint density at radius 2 is 1.50 bits per heavy atom. The molecule has 4 aromatic rings. The van der Waals surface area contributed by atoms with Crippen LogP contribution in [0.1, 0.15) is 22.3 Å². The minimum absolute atomic E-state index is 0.212. The summed E-state index contributed by atoms with van der Waals surface area (Å²) in [5.41, 5.74) is 2.00. The molecule has 0 saturated carbocycles. The molecule has 0 fully saturated rings. The molecule has 4 rings (SSSR count). The SMILES string of the molecule is C=CCOc1ccc(CCc2ccc(C#Cc3ccc4cc(F)c(F)cc4c3)c(F)c2)c(F)c1. The molecular formula is C29H20F4O. The Labute approximate surface area is 195 Å². The van der Waals surface area contributed by atoms with Crippen molar-refractivity contribution in [3.8, 4) is 17.6 Å². The highest BCUT2D eigenvalue weighted by atomic mass is 19.2. The summed E-state index contributed by atoms with van der Waals surface area (Å²) in [6, 6.07) is 16.6. The average Bonchev–Trinajstić information content (AvgIpc) is 2.82. The molecule has 0 atom stereocenters. The molecule has 0 aliphatic rings. The summed E-state index contributed by atoms with van der Waals surface area (Å²) in [5.74, 6) is 3.37. The van der Waals surface area contributed by atoms with Crippen LogP contribution in [0.15, 0.2) is 79.4 Å². The molecule has 0 N–H and O–H groups in total. The molecule has 0 bridgehead atoms. The zero-order chi connectivity index (χ0) is 24.1. The van der Waals surface area contributed by atoms with Crippen LogP contribution in [0, 0.1) is 35.1 Å². The van der Waals surface area contributed by atoms with E-state index in [9.17, 15) is 17.6 Å². The van der Waals surface area contributed by atoms with Gasteiger partial charge in [-0.3, -0.25) is 0 Å². The first-order chi connectivity index (χ1) is 16.4. The van der Waals surface area contributed by atoms with E-state index in [1.54, 1.807) is 48.5 Å². The molecule has 0 aliphatic heterocycles. The minimum Gasteiger partial charge on any atom is -0.489 e. The van der Waals surface area contributed by atoms with Crippen molar-refractivity contribution in [1.82, 2.24) is 0 Å². The largest absolute Gasteiger partial charge is 0.489 e. The molecule has 170 valence electrons. The van der Waals surface area contributed by atoms with Gasteiger partial charge in [-0.15, -0.1) is 0 Å². The quantitative estimate of drug-likeness (QED) is 0.169. The zero-order valence-corrected chi connectivity index (χ0v) is 18.2. The van der Waals surface area contributed by atoms with E-state index in [2.05, 4.69) is 18.4 Å². The van der Waals surface area contributed by atoms with Crippen molar-refractivity contribution in [2.75, 3.05) is 6.61 Å². The number of aryl methyl sites for hydroxylation is 2. The van der Waals surface area contributed by atoms with Crippen LogP contribution >= 0.6 is 0 Å². The summed E-state index contributed by atoms with van der Waals surface area (Å²) in [6.07, 6.45) is 2.45. The summed E-state index contributed by atoms with van der Waals surface area (Å²) in [5, 5.41) is 1.06. The lowest BCUT2D eigenvalue weighted by Gasteiger charge is -2.08. The fourth-order valence-corrected chi connectivity index (χ4v) is 3.53. The molecule has 34 heavy (non-hydrogen) atoms. The van der Waals surface area contributed by atoms with Gasteiger partial charge >= 0.3 is 0 Å². The number of hydrogen-bond acceptors (Lipinski definition) is 1. The molecule has 1 nitrogen and oxygen atoms in total. The van der Waals surface area contributed by atoms with E-state index in [0.29, 0.717) is 47.1 Å². The highest BCUT2D eigenvalue weighted by molar-refractivity contribution is 5.84. The van der Waals surface area contributed by atoms with Crippen molar-refractivity contribution in [3.05, 3.63) is 125 Å². The third-order valence-corrected chi connectivity index (χ3v) is 5.33. The number of hydrogen-bond donors (Lipinski definition) is 0. The average molecular weight is 460 g/mol. The summed E-state index contributed by atoms with van der Waals surface area (Å²) in [7, 11) is 0. The normalized spacial score (nSPS) is 10.6. The molecule has 5 heteroatoms. The predicted octanol–water partition coefficient (Wildman–Crippen LogP) is 7.15. The van der Waals surface area contributed by atoms with Crippen LogP contribution < -0.4 is 4.74 Å². The van der Waals surface area contributed by atoms with Crippen LogP contribution in [0.25, 0.3) is 10.8 Å². The summed E-state index contributed by atoms with van der Waals surface area (Å²) >= 11 is 0. The Hall–Kier alpha value is -4.04. The second-order valence-corrected chi connectivity index (χ2v) is 7.75. The lowest BCUT2D eigenvalue weighted by atomic mass is 10.0. The van der Waals surface area contributed by atoms with E-state index >= 15 is 0 Å². The van der Waals surface area contributed by atoms with Crippen molar-refractivity contribution in [2.45, 2.75) is 12.8 Å². The van der Waals surface area contributed by atoms with Crippen LogP contribution in [-0.4, -0.2) is 6.61 Å². The van der Waals surface area contributed by atoms with Crippen molar-refractivity contribution >= 4 is 10.8 Å². The monoisotopic (exact) mass is 460 g/mol. The summed E-state index contributed by atoms with van der Waals surface area (Å²) in [4.78, 5) is 0. The van der Waals surface area contributed by atoms with Crippen LogP contribution in [0.4, 0.5) is 17.6 Å². The van der Waals surface area contributed by atoms with Gasteiger partial charge in [-0.1, -0.05) is 42.7 Å². The zero-order valence-electron chi connectivity index (χ0n) is 18.2. The van der Waals surface area contributed by atoms with Gasteiger partial charge in [0.05, 0.1) is 5.56 Å². The van der Waals surface area contributed by atoms with Gasteiger partial charge < -0.3 is 4.74 Å². The number of fused-ring (bicyclic) bond motifs is 1. The van der Waals surface area contributed by atoms with Crippen molar-refractivity contribution in [3.63, 3.8) is 0 Å². The number of ether oxygens (including phenoxy) is 1. The molecular weight excluding hydrogens is 440 g/mol. The fourth-order valence-electron chi connectivity index (χ4n) is 3.53. The van der Waals surface area contributed by atoms with Gasteiger partial charge in [0.2, 0.25) is 0 Å². The van der Waals surface area contributed by atoms with E-state index in [0.717, 1.165) is 17.7 Å². The van der Waals surface area contributed by atoms with E-state index in [1.165, 1.54) is 12.1 Å². The van der Waals surface area contributed by atoms with Gasteiger partial charge in [-0.25, -0.2) is 17.6 Å². The molecule has 0 heterocycles. The van der Waals surface area contributed by atoms with Crippen molar-refractivity contribution < 1.29 is 22.3 Å². The highest BCUT2D eigenvalue weighted by Gasteiger charge is 2.08. The molecule has 0 aliphatic carbocycles. The number of halogens is 4. The molecule has 4 aromatic carbocycles. The molecule has 0 radical (unpaired) electrons. The van der Waals surface area contributed by atoms with Crippen LogP contribution in [0.5, 0.6) is 5.75 Å². The van der Waals surface area contributed by atoms with Gasteiger partial charge in [-0.05, 0) is 77.2 Å². The minimum atomic E-state index is -0.934. The maximum Gasteiger partial charge on any atom is 0.159 e. The second kappa shape index (κ2) is 10.3. The Bertz CT molecular complexity index is 1430. The van der Waals surface area contributed by atoms with Gasteiger partial charge in [0.25, 0.3) is 0 Å². The highest BCUT2D eigenvalue weighted by Crippen LogP contribution is 2.21. The first kappa shape index (κ1) is 23.1. The summed E-state index contributed by atoms with van der Waals surface area (Å²) in [6.45, 7) is 3.85. The van der Waals surface area contributed by atoms with E-state index in [-0.39, 0.29) is 11.4 Å². The maximum atomic E-state index is 14.6. The molecule has 0 aromatic heterocycles.